The summed E-state index contributed by atoms with van der Waals surface area (Å²) in [5, 5.41) is 5.68. The smallest absolute Gasteiger partial charge is 0.219 e. The van der Waals surface area contributed by atoms with Gasteiger partial charge in [0, 0.05) is 18.5 Å². The lowest BCUT2D eigenvalue weighted by Gasteiger charge is -2.23. The number of hydrogen-bond acceptors (Lipinski definition) is 2. The van der Waals surface area contributed by atoms with Crippen LogP contribution in [0.4, 0.5) is 0 Å². The van der Waals surface area contributed by atoms with E-state index in [4.69, 9.17) is 0 Å². The van der Waals surface area contributed by atoms with Crippen molar-refractivity contribution >= 4 is 12.3 Å². The molecule has 4 heteroatoms. The summed E-state index contributed by atoms with van der Waals surface area (Å²) in [4.78, 5) is 21.9. The van der Waals surface area contributed by atoms with E-state index in [9.17, 15) is 9.59 Å². The molecule has 0 aromatic rings. The Balaban J connectivity index is 3.56. The van der Waals surface area contributed by atoms with Gasteiger partial charge >= 0.3 is 0 Å². The molecule has 0 rings (SSSR count). The van der Waals surface area contributed by atoms with Gasteiger partial charge in [0.05, 0.1) is 0 Å². The number of rotatable bonds is 10. The van der Waals surface area contributed by atoms with Gasteiger partial charge < -0.3 is 10.6 Å². The van der Waals surface area contributed by atoms with Gasteiger partial charge in [-0.15, -0.1) is 0 Å². The molecule has 0 heterocycles. The fraction of sp³-hybridized carbons (Fsp3) is 0.857. The molecule has 0 atom stereocenters. The van der Waals surface area contributed by atoms with Crippen LogP contribution >= 0.6 is 0 Å². The van der Waals surface area contributed by atoms with Gasteiger partial charge in [0.15, 0.2) is 0 Å². The third-order valence-corrected chi connectivity index (χ3v) is 2.94. The van der Waals surface area contributed by atoms with E-state index in [1.165, 1.54) is 0 Å². The van der Waals surface area contributed by atoms with Crippen LogP contribution in [0.15, 0.2) is 0 Å². The number of hydrogen-bond donors (Lipinski definition) is 2. The normalized spacial score (nSPS) is 11.4. The Morgan fingerprint density at radius 2 is 1.94 bits per heavy atom. The van der Waals surface area contributed by atoms with Gasteiger partial charge in [-0.05, 0) is 45.4 Å². The lowest BCUT2D eigenvalue weighted by atomic mass is 9.97. The van der Waals surface area contributed by atoms with Crippen molar-refractivity contribution in [3.8, 4) is 0 Å². The molecule has 0 aromatic carbocycles. The first-order valence-electron chi connectivity index (χ1n) is 6.85. The van der Waals surface area contributed by atoms with Gasteiger partial charge in [-0.25, -0.2) is 0 Å². The third-order valence-electron chi connectivity index (χ3n) is 2.94. The number of carbonyl (C=O) groups excluding carboxylic acids is 2. The van der Waals surface area contributed by atoms with Crippen LogP contribution in [0.5, 0.6) is 0 Å². The second kappa shape index (κ2) is 8.95. The Hall–Kier alpha value is -1.06. The van der Waals surface area contributed by atoms with Crippen LogP contribution in [0.1, 0.15) is 59.8 Å². The van der Waals surface area contributed by atoms with Crippen LogP contribution in [0, 0.1) is 5.92 Å². The van der Waals surface area contributed by atoms with Crippen molar-refractivity contribution in [3.05, 3.63) is 0 Å². The van der Waals surface area contributed by atoms with E-state index in [2.05, 4.69) is 24.5 Å². The van der Waals surface area contributed by atoms with Crippen molar-refractivity contribution in [1.29, 1.82) is 0 Å². The lowest BCUT2D eigenvalue weighted by molar-refractivity contribution is -0.121. The molecular weight excluding hydrogens is 228 g/mol. The summed E-state index contributed by atoms with van der Waals surface area (Å²) in [5.41, 5.74) is -0.223. The van der Waals surface area contributed by atoms with Crippen LogP contribution in [0.2, 0.25) is 0 Å². The second-order valence-electron chi connectivity index (χ2n) is 5.89. The molecule has 0 aliphatic carbocycles. The fourth-order valence-corrected chi connectivity index (χ4v) is 1.75. The van der Waals surface area contributed by atoms with Crippen LogP contribution in [-0.2, 0) is 9.59 Å². The molecule has 18 heavy (non-hydrogen) atoms. The van der Waals surface area contributed by atoms with E-state index in [1.807, 2.05) is 13.8 Å². The Morgan fingerprint density at radius 3 is 2.50 bits per heavy atom. The van der Waals surface area contributed by atoms with Crippen LogP contribution in [0.3, 0.4) is 0 Å². The van der Waals surface area contributed by atoms with Crippen molar-refractivity contribution < 1.29 is 9.59 Å². The molecule has 0 spiro atoms. The Kier molecular flexibility index (Phi) is 8.42. The summed E-state index contributed by atoms with van der Waals surface area (Å²) in [7, 11) is 0. The zero-order valence-corrected chi connectivity index (χ0v) is 12.2. The number of nitrogens with one attached hydrogen (secondary N) is 2. The Morgan fingerprint density at radius 1 is 1.28 bits per heavy atom. The fourth-order valence-electron chi connectivity index (χ4n) is 1.75. The summed E-state index contributed by atoms with van der Waals surface area (Å²) in [6.45, 7) is 9.06. The molecule has 0 saturated carbocycles. The van der Waals surface area contributed by atoms with Gasteiger partial charge in [-0.2, -0.15) is 0 Å². The maximum absolute atomic E-state index is 11.5. The van der Waals surface area contributed by atoms with E-state index in [-0.39, 0.29) is 11.4 Å². The topological polar surface area (TPSA) is 58.2 Å². The first kappa shape index (κ1) is 16.9. The molecule has 4 nitrogen and oxygen atoms in total. The summed E-state index contributed by atoms with van der Waals surface area (Å²) < 4.78 is 0. The minimum Gasteiger partial charge on any atom is -0.356 e. The SMILES string of the molecule is CC(C)CCCNC(=O)CCCC(C)(C)NC=O. The van der Waals surface area contributed by atoms with Crippen molar-refractivity contribution in [2.75, 3.05) is 6.54 Å². The highest BCUT2D eigenvalue weighted by Crippen LogP contribution is 2.11. The van der Waals surface area contributed by atoms with Gasteiger partial charge in [-0.1, -0.05) is 13.8 Å². The Labute approximate surface area is 111 Å². The molecule has 2 amide bonds. The molecule has 0 fully saturated rings. The van der Waals surface area contributed by atoms with Gasteiger partial charge in [0.2, 0.25) is 12.3 Å². The maximum atomic E-state index is 11.5. The molecule has 0 radical (unpaired) electrons. The summed E-state index contributed by atoms with van der Waals surface area (Å²) in [6, 6.07) is 0. The van der Waals surface area contributed by atoms with Crippen LogP contribution < -0.4 is 10.6 Å². The highest BCUT2D eigenvalue weighted by atomic mass is 16.1. The molecular formula is C14H28N2O2. The van der Waals surface area contributed by atoms with Crippen molar-refractivity contribution in [2.24, 2.45) is 5.92 Å². The minimum absolute atomic E-state index is 0.112. The monoisotopic (exact) mass is 256 g/mol. The quantitative estimate of drug-likeness (QED) is 0.465. The minimum atomic E-state index is -0.223. The van der Waals surface area contributed by atoms with Crippen LogP contribution in [0.25, 0.3) is 0 Å². The molecule has 0 unspecified atom stereocenters. The molecule has 106 valence electrons. The van der Waals surface area contributed by atoms with Crippen LogP contribution in [-0.4, -0.2) is 24.4 Å². The van der Waals surface area contributed by atoms with Gasteiger partial charge in [0.25, 0.3) is 0 Å². The van der Waals surface area contributed by atoms with E-state index >= 15 is 0 Å². The highest BCUT2D eigenvalue weighted by Gasteiger charge is 2.16. The molecule has 0 bridgehead atoms. The third kappa shape index (κ3) is 10.1. The first-order valence-corrected chi connectivity index (χ1v) is 6.85. The largest absolute Gasteiger partial charge is 0.356 e. The predicted molar refractivity (Wildman–Crippen MR) is 74.2 cm³/mol. The van der Waals surface area contributed by atoms with E-state index in [0.717, 1.165) is 32.2 Å². The summed E-state index contributed by atoms with van der Waals surface area (Å²) in [5.74, 6) is 0.803. The molecule has 0 aliphatic rings. The van der Waals surface area contributed by atoms with Crippen molar-refractivity contribution in [1.82, 2.24) is 10.6 Å². The standard InChI is InChI=1S/C14H28N2O2/c1-12(2)7-6-10-15-13(18)8-5-9-14(3,4)16-11-17/h11-12H,5-10H2,1-4H3,(H,15,18)(H,16,17). The average Bonchev–Trinajstić information content (AvgIpc) is 2.23. The molecule has 0 saturated heterocycles. The molecule has 0 aromatic heterocycles. The van der Waals surface area contributed by atoms with Gasteiger partial charge in [0.1, 0.15) is 0 Å². The lowest BCUT2D eigenvalue weighted by Crippen LogP contribution is -2.38. The van der Waals surface area contributed by atoms with Crippen molar-refractivity contribution in [3.63, 3.8) is 0 Å². The summed E-state index contributed by atoms with van der Waals surface area (Å²) in [6.07, 6.45) is 5.05. The first-order chi connectivity index (χ1) is 8.37. The highest BCUT2D eigenvalue weighted by molar-refractivity contribution is 5.75. The second-order valence-corrected chi connectivity index (χ2v) is 5.89. The van der Waals surface area contributed by atoms with Gasteiger partial charge in [-0.3, -0.25) is 9.59 Å². The van der Waals surface area contributed by atoms with E-state index in [0.29, 0.717) is 18.7 Å². The summed E-state index contributed by atoms with van der Waals surface area (Å²) >= 11 is 0. The Bertz CT molecular complexity index is 250. The molecule has 2 N–H and O–H groups in total. The number of carbonyl (C=O) groups is 2. The van der Waals surface area contributed by atoms with Crippen molar-refractivity contribution in [2.45, 2.75) is 65.3 Å². The zero-order valence-electron chi connectivity index (χ0n) is 12.2. The average molecular weight is 256 g/mol. The maximum Gasteiger partial charge on any atom is 0.219 e. The predicted octanol–water partition coefficient (Wildman–Crippen LogP) is 2.23. The zero-order chi connectivity index (χ0) is 14.0. The van der Waals surface area contributed by atoms with E-state index in [1.54, 1.807) is 0 Å². The number of amides is 2. The molecule has 0 aliphatic heterocycles. The van der Waals surface area contributed by atoms with E-state index < -0.39 is 0 Å².